The second-order valence-corrected chi connectivity index (χ2v) is 4.37. The smallest absolute Gasteiger partial charge is 0.332 e. The topological polar surface area (TPSA) is 61.1 Å². The fourth-order valence-corrected chi connectivity index (χ4v) is 2.17. The minimum Gasteiger partial charge on any atom is -0.478 e. The molecule has 3 nitrogen and oxygen atoms in total. The van der Waals surface area contributed by atoms with E-state index in [1.54, 1.807) is 0 Å². The first-order valence-electron chi connectivity index (χ1n) is 5.16. The maximum Gasteiger partial charge on any atom is 0.332 e. The van der Waals surface area contributed by atoms with Gasteiger partial charge in [-0.25, -0.2) is 4.79 Å². The van der Waals surface area contributed by atoms with Gasteiger partial charge in [0.2, 0.25) is 0 Å². The summed E-state index contributed by atoms with van der Waals surface area (Å²) in [5.41, 5.74) is 0.701. The van der Waals surface area contributed by atoms with Gasteiger partial charge in [-0.3, -0.25) is 0 Å². The molecule has 0 heterocycles. The lowest BCUT2D eigenvalue weighted by Crippen LogP contribution is -2.18. The highest BCUT2D eigenvalue weighted by molar-refractivity contribution is 5.90. The largest absolute Gasteiger partial charge is 0.478 e. The molecular weight excluding hydrogens is 190 g/mol. The molecule has 0 aromatic carbocycles. The molecule has 0 amide bonds. The van der Waals surface area contributed by atoms with Crippen molar-refractivity contribution < 1.29 is 9.90 Å². The lowest BCUT2D eigenvalue weighted by atomic mass is 9.81. The number of allylic oxidation sites excluding steroid dienone is 3. The van der Waals surface area contributed by atoms with E-state index >= 15 is 0 Å². The van der Waals surface area contributed by atoms with Crippen molar-refractivity contribution in [1.82, 2.24) is 0 Å². The van der Waals surface area contributed by atoms with Crippen molar-refractivity contribution in [3.63, 3.8) is 0 Å². The number of rotatable bonds is 2. The molecule has 1 unspecified atom stereocenters. The number of hydrogen-bond acceptors (Lipinski definition) is 2. The average Bonchev–Trinajstić information content (AvgIpc) is 2.97. The Morgan fingerprint density at radius 1 is 1.67 bits per heavy atom. The highest BCUT2D eigenvalue weighted by Gasteiger charge is 2.48. The van der Waals surface area contributed by atoms with Gasteiger partial charge in [-0.1, -0.05) is 19.1 Å². The van der Waals surface area contributed by atoms with Crippen molar-refractivity contribution in [2.75, 3.05) is 0 Å². The van der Waals surface area contributed by atoms with Crippen LogP contribution in [0.1, 0.15) is 26.2 Å². The maximum atomic E-state index is 11.2. The summed E-state index contributed by atoms with van der Waals surface area (Å²) in [6, 6.07) is 2.26. The molecule has 2 aliphatic rings. The van der Waals surface area contributed by atoms with Crippen LogP contribution >= 0.6 is 0 Å². The quantitative estimate of drug-likeness (QED) is 0.748. The van der Waals surface area contributed by atoms with Gasteiger partial charge in [0.05, 0.1) is 11.5 Å². The van der Waals surface area contributed by atoms with Gasteiger partial charge in [-0.05, 0) is 30.8 Å². The lowest BCUT2D eigenvalue weighted by Gasteiger charge is -2.21. The van der Waals surface area contributed by atoms with Crippen LogP contribution in [0.5, 0.6) is 0 Å². The molecule has 0 aromatic heterocycles. The van der Waals surface area contributed by atoms with Gasteiger partial charge in [-0.15, -0.1) is 0 Å². The van der Waals surface area contributed by atoms with Crippen molar-refractivity contribution in [3.05, 3.63) is 23.3 Å². The van der Waals surface area contributed by atoms with E-state index in [1.165, 1.54) is 0 Å². The zero-order chi connectivity index (χ0) is 11.1. The van der Waals surface area contributed by atoms with Gasteiger partial charge in [0.1, 0.15) is 0 Å². The summed E-state index contributed by atoms with van der Waals surface area (Å²) < 4.78 is 0. The summed E-state index contributed by atoms with van der Waals surface area (Å²) in [5, 5.41) is 18.2. The first-order chi connectivity index (χ1) is 7.10. The Bertz CT molecular complexity index is 408. The number of carboxylic acid groups (broad SMARTS) is 1. The zero-order valence-electron chi connectivity index (χ0n) is 8.66. The van der Waals surface area contributed by atoms with E-state index in [0.29, 0.717) is 5.57 Å². The molecule has 2 aliphatic carbocycles. The Morgan fingerprint density at radius 3 is 2.80 bits per heavy atom. The third-order valence-electron chi connectivity index (χ3n) is 3.27. The molecule has 0 radical (unpaired) electrons. The van der Waals surface area contributed by atoms with Crippen LogP contribution in [0, 0.1) is 22.7 Å². The van der Waals surface area contributed by atoms with Gasteiger partial charge >= 0.3 is 5.97 Å². The Balaban J connectivity index is 2.50. The molecule has 3 heteroatoms. The summed E-state index contributed by atoms with van der Waals surface area (Å²) in [6.07, 6.45) is 6.16. The van der Waals surface area contributed by atoms with E-state index in [2.05, 4.69) is 6.07 Å². The van der Waals surface area contributed by atoms with Crippen molar-refractivity contribution in [2.45, 2.75) is 26.2 Å². The SMILES string of the molecule is CC1CC=CC(C2(C#N)CC2)=C1C(=O)O. The predicted molar refractivity (Wildman–Crippen MR) is 54.9 cm³/mol. The van der Waals surface area contributed by atoms with Crippen molar-refractivity contribution in [2.24, 2.45) is 11.3 Å². The fraction of sp³-hybridized carbons (Fsp3) is 0.500. The molecule has 0 aliphatic heterocycles. The zero-order valence-corrected chi connectivity index (χ0v) is 8.66. The molecular formula is C12H13NO2. The highest BCUT2D eigenvalue weighted by Crippen LogP contribution is 2.54. The molecule has 1 saturated carbocycles. The molecule has 1 N–H and O–H groups in total. The van der Waals surface area contributed by atoms with E-state index < -0.39 is 11.4 Å². The molecule has 15 heavy (non-hydrogen) atoms. The summed E-state index contributed by atoms with van der Waals surface area (Å²) in [4.78, 5) is 11.2. The molecule has 1 fully saturated rings. The molecule has 2 rings (SSSR count). The Morgan fingerprint density at radius 2 is 2.33 bits per heavy atom. The molecule has 0 spiro atoms. The van der Waals surface area contributed by atoms with E-state index in [4.69, 9.17) is 10.4 Å². The van der Waals surface area contributed by atoms with Crippen LogP contribution in [0.4, 0.5) is 0 Å². The third-order valence-corrected chi connectivity index (χ3v) is 3.27. The highest BCUT2D eigenvalue weighted by atomic mass is 16.4. The van der Waals surface area contributed by atoms with Crippen LogP contribution in [-0.2, 0) is 4.79 Å². The first-order valence-corrected chi connectivity index (χ1v) is 5.16. The van der Waals surface area contributed by atoms with Crippen LogP contribution in [0.2, 0.25) is 0 Å². The predicted octanol–water partition coefficient (Wildman–Crippen LogP) is 2.27. The van der Waals surface area contributed by atoms with Crippen LogP contribution < -0.4 is 0 Å². The monoisotopic (exact) mass is 203 g/mol. The van der Waals surface area contributed by atoms with E-state index in [9.17, 15) is 4.79 Å². The van der Waals surface area contributed by atoms with Gasteiger partial charge in [0.15, 0.2) is 0 Å². The Labute approximate surface area is 88.7 Å². The summed E-state index contributed by atoms with van der Waals surface area (Å²) >= 11 is 0. The third kappa shape index (κ3) is 1.46. The molecule has 1 atom stereocenters. The Kier molecular flexibility index (Phi) is 2.15. The van der Waals surface area contributed by atoms with Gasteiger partial charge < -0.3 is 5.11 Å². The van der Waals surface area contributed by atoms with Crippen LogP contribution in [0.25, 0.3) is 0 Å². The minimum atomic E-state index is -0.872. The Hall–Kier alpha value is -1.56. The summed E-state index contributed by atoms with van der Waals surface area (Å²) in [6.45, 7) is 1.90. The standard InChI is InChI=1S/C12H13NO2/c1-8-3-2-4-9(10(8)11(14)15)12(7-13)5-6-12/h2,4,8H,3,5-6H2,1H3,(H,14,15). The average molecular weight is 203 g/mol. The first kappa shape index (κ1) is 9.97. The number of aliphatic carboxylic acids is 1. The van der Waals surface area contributed by atoms with Crippen LogP contribution in [0.3, 0.4) is 0 Å². The normalized spacial score (nSPS) is 27.3. The van der Waals surface area contributed by atoms with E-state index in [-0.39, 0.29) is 5.92 Å². The van der Waals surface area contributed by atoms with E-state index in [0.717, 1.165) is 24.8 Å². The fourth-order valence-electron chi connectivity index (χ4n) is 2.17. The molecule has 0 bridgehead atoms. The van der Waals surface area contributed by atoms with Crippen molar-refractivity contribution in [3.8, 4) is 6.07 Å². The number of nitriles is 1. The lowest BCUT2D eigenvalue weighted by molar-refractivity contribution is -0.133. The van der Waals surface area contributed by atoms with Crippen LogP contribution in [0.15, 0.2) is 23.3 Å². The minimum absolute atomic E-state index is 0.0216. The van der Waals surface area contributed by atoms with Gasteiger partial charge in [-0.2, -0.15) is 5.26 Å². The number of nitrogens with zero attached hydrogens (tertiary/aromatic N) is 1. The number of carboxylic acids is 1. The van der Waals surface area contributed by atoms with Crippen LogP contribution in [-0.4, -0.2) is 11.1 Å². The summed E-state index contributed by atoms with van der Waals surface area (Å²) in [5.74, 6) is -0.850. The van der Waals surface area contributed by atoms with Gasteiger partial charge in [0.25, 0.3) is 0 Å². The second-order valence-electron chi connectivity index (χ2n) is 4.37. The molecule has 78 valence electrons. The summed E-state index contributed by atoms with van der Waals surface area (Å²) in [7, 11) is 0. The van der Waals surface area contributed by atoms with Gasteiger partial charge in [0, 0.05) is 5.57 Å². The molecule has 0 aromatic rings. The van der Waals surface area contributed by atoms with E-state index in [1.807, 2.05) is 19.1 Å². The van der Waals surface area contributed by atoms with Crippen molar-refractivity contribution in [1.29, 1.82) is 5.26 Å². The number of hydrogen-bond donors (Lipinski definition) is 1. The maximum absolute atomic E-state index is 11.2. The second kappa shape index (κ2) is 3.23. The number of carbonyl (C=O) groups is 1. The molecule has 0 saturated heterocycles. The van der Waals surface area contributed by atoms with Crippen molar-refractivity contribution >= 4 is 5.97 Å².